The number of alkyl halides is 3. The fourth-order valence-electron chi connectivity index (χ4n) is 3.92. The van der Waals surface area contributed by atoms with E-state index in [-0.39, 0.29) is 22.5 Å². The van der Waals surface area contributed by atoms with Gasteiger partial charge in [-0.2, -0.15) is 23.8 Å². The summed E-state index contributed by atoms with van der Waals surface area (Å²) in [4.78, 5) is 24.5. The highest BCUT2D eigenvalue weighted by atomic mass is 19.4. The van der Waals surface area contributed by atoms with Crippen molar-refractivity contribution in [3.63, 3.8) is 0 Å². The minimum atomic E-state index is -4.58. The summed E-state index contributed by atoms with van der Waals surface area (Å²) in [7, 11) is 1.57. The summed E-state index contributed by atoms with van der Waals surface area (Å²) in [5.41, 5.74) is 12.7. The molecule has 0 bridgehead atoms. The van der Waals surface area contributed by atoms with Gasteiger partial charge in [-0.1, -0.05) is 17.4 Å². The van der Waals surface area contributed by atoms with Crippen LogP contribution in [0, 0.1) is 5.53 Å². The number of ether oxygens (including phenoxy) is 1. The van der Waals surface area contributed by atoms with Gasteiger partial charge in [-0.05, 0) is 29.8 Å². The van der Waals surface area contributed by atoms with Crippen LogP contribution in [0.4, 0.5) is 30.6 Å². The second-order valence-corrected chi connectivity index (χ2v) is 8.01. The van der Waals surface area contributed by atoms with Crippen LogP contribution < -0.4 is 20.8 Å². The largest absolute Gasteiger partial charge is 0.497 e. The fourth-order valence-corrected chi connectivity index (χ4v) is 3.92. The van der Waals surface area contributed by atoms with E-state index in [0.717, 1.165) is 17.4 Å². The van der Waals surface area contributed by atoms with Crippen molar-refractivity contribution in [1.29, 1.82) is 5.53 Å². The number of methoxy groups -OCH3 is 1. The van der Waals surface area contributed by atoms with E-state index in [0.29, 0.717) is 22.9 Å². The highest BCUT2D eigenvalue weighted by molar-refractivity contribution is 6.07. The minimum Gasteiger partial charge on any atom is -0.497 e. The van der Waals surface area contributed by atoms with Crippen LogP contribution in [0.2, 0.25) is 0 Å². The minimum absolute atomic E-state index is 0.0604. The lowest BCUT2D eigenvalue weighted by Gasteiger charge is -2.10. The van der Waals surface area contributed by atoms with E-state index >= 15 is 0 Å². The van der Waals surface area contributed by atoms with Crippen molar-refractivity contribution in [3.05, 3.63) is 60.6 Å². The molecule has 194 valence electrons. The molecule has 0 saturated carbocycles. The van der Waals surface area contributed by atoms with Gasteiger partial charge in [-0.3, -0.25) is 4.79 Å². The zero-order chi connectivity index (χ0) is 26.9. The van der Waals surface area contributed by atoms with Gasteiger partial charge in [0.1, 0.15) is 24.1 Å². The van der Waals surface area contributed by atoms with E-state index in [1.54, 1.807) is 37.4 Å². The number of H-pyrrole nitrogens is 1. The van der Waals surface area contributed by atoms with E-state index in [4.69, 9.17) is 10.3 Å². The Hall–Kier alpha value is -5.21. The highest BCUT2D eigenvalue weighted by Crippen LogP contribution is 2.34. The van der Waals surface area contributed by atoms with Crippen LogP contribution in [0.1, 0.15) is 10.4 Å². The third-order valence-corrected chi connectivity index (χ3v) is 5.55. The molecule has 3 aromatic heterocycles. The molecular weight excluding hydrogens is 505 g/mol. The molecule has 2 aromatic carbocycles. The predicted molar refractivity (Wildman–Crippen MR) is 132 cm³/mol. The van der Waals surface area contributed by atoms with Gasteiger partial charge >= 0.3 is 6.18 Å². The summed E-state index contributed by atoms with van der Waals surface area (Å²) >= 11 is 0. The van der Waals surface area contributed by atoms with E-state index < -0.39 is 18.6 Å². The molecule has 12 nitrogen and oxygen atoms in total. The van der Waals surface area contributed by atoms with Crippen molar-refractivity contribution < 1.29 is 22.7 Å². The molecule has 5 N–H and O–H groups in total. The third kappa shape index (κ3) is 4.88. The number of halogens is 3. The first kappa shape index (κ1) is 24.5. The van der Waals surface area contributed by atoms with Crippen molar-refractivity contribution in [2.75, 3.05) is 24.4 Å². The van der Waals surface area contributed by atoms with Gasteiger partial charge in [0.25, 0.3) is 5.91 Å². The molecule has 0 spiro atoms. The molecule has 5 rings (SSSR count). The summed E-state index contributed by atoms with van der Waals surface area (Å²) < 4.78 is 44.8. The molecule has 0 aliphatic rings. The van der Waals surface area contributed by atoms with Crippen LogP contribution >= 0.6 is 0 Å². The number of imidazole rings is 1. The van der Waals surface area contributed by atoms with Crippen molar-refractivity contribution >= 4 is 39.9 Å². The van der Waals surface area contributed by atoms with Crippen LogP contribution in [-0.2, 0) is 0 Å². The number of hydrogen-bond donors (Lipinski definition) is 5. The second-order valence-electron chi connectivity index (χ2n) is 8.01. The molecule has 0 unspecified atom stereocenters. The third-order valence-electron chi connectivity index (χ3n) is 5.55. The number of carbonyl (C=O) groups excluding carboxylic acids is 1. The Balaban J connectivity index is 1.50. The van der Waals surface area contributed by atoms with Crippen molar-refractivity contribution in [3.8, 4) is 16.9 Å². The number of nitrogens with one attached hydrogen (secondary N) is 5. The van der Waals surface area contributed by atoms with Gasteiger partial charge < -0.3 is 20.4 Å². The van der Waals surface area contributed by atoms with Gasteiger partial charge in [-0.25, -0.2) is 19.9 Å². The average molecular weight is 524 g/mol. The number of nitrogens with zero attached hydrogens (tertiary/aromatic N) is 5. The Labute approximate surface area is 211 Å². The molecule has 0 saturated heterocycles. The lowest BCUT2D eigenvalue weighted by Crippen LogP contribution is -2.33. The van der Waals surface area contributed by atoms with Crippen molar-refractivity contribution in [2.45, 2.75) is 6.18 Å². The molecule has 0 atom stereocenters. The quantitative estimate of drug-likeness (QED) is 0.146. The number of aromatic amines is 1. The van der Waals surface area contributed by atoms with Gasteiger partial charge in [0.2, 0.25) is 5.95 Å². The molecule has 38 heavy (non-hydrogen) atoms. The lowest BCUT2D eigenvalue weighted by molar-refractivity contribution is -0.123. The average Bonchev–Trinajstić information content (AvgIpc) is 3.48. The number of hydrogen-bond acceptors (Lipinski definition) is 8. The maximum Gasteiger partial charge on any atom is 0.405 e. The normalized spacial score (nSPS) is 11.5. The van der Waals surface area contributed by atoms with E-state index in [1.165, 1.54) is 10.7 Å². The second kappa shape index (κ2) is 9.68. The fraction of sp³-hybridized carbons (Fsp3) is 0.130. The Morgan fingerprint density at radius 2 is 2.00 bits per heavy atom. The molecule has 0 fully saturated rings. The van der Waals surface area contributed by atoms with Gasteiger partial charge in [-0.15, -0.1) is 0 Å². The number of amides is 1. The van der Waals surface area contributed by atoms with Crippen molar-refractivity contribution in [1.82, 2.24) is 29.9 Å². The van der Waals surface area contributed by atoms with E-state index in [2.05, 4.69) is 36.0 Å². The molecule has 0 aliphatic carbocycles. The molecule has 5 aromatic rings. The SMILES string of the molecule is COc1ccc2nc(Nc3ccc(-c4c(C(=O)NCC(F)(F)F)cn5ncnc(NN=N)c45)cc3)[nH]c2c1. The Morgan fingerprint density at radius 3 is 2.71 bits per heavy atom. The van der Waals surface area contributed by atoms with Gasteiger partial charge in [0, 0.05) is 23.5 Å². The Morgan fingerprint density at radius 1 is 1.21 bits per heavy atom. The first-order chi connectivity index (χ1) is 18.3. The highest BCUT2D eigenvalue weighted by Gasteiger charge is 2.29. The van der Waals surface area contributed by atoms with Gasteiger partial charge in [0.05, 0.1) is 23.7 Å². The van der Waals surface area contributed by atoms with Crippen molar-refractivity contribution in [2.24, 2.45) is 5.22 Å². The standard InChI is InChI=1S/C23H19F3N10O2/c1-38-14-6-7-16-17(8-14)33-22(32-16)31-13-4-2-12(3-5-13)18-15(21(37)28-10-23(24,25)26)9-36-19(18)20(34-35-27)29-11-30-36/h2-9,11H,10H2,1H3,(H,28,37)(H2,31,32,33)(H2,27,29,30,34). The van der Waals surface area contributed by atoms with Gasteiger partial charge in [0.15, 0.2) is 5.82 Å². The maximum atomic E-state index is 12.8. The molecule has 3 heterocycles. The first-order valence-electron chi connectivity index (χ1n) is 11.0. The van der Waals surface area contributed by atoms with Crippen LogP contribution in [0.5, 0.6) is 5.75 Å². The smallest absolute Gasteiger partial charge is 0.405 e. The molecule has 0 radical (unpaired) electrons. The van der Waals surface area contributed by atoms with Crippen LogP contribution in [0.15, 0.2) is 60.2 Å². The zero-order valence-corrected chi connectivity index (χ0v) is 19.6. The number of rotatable bonds is 8. The number of carbonyl (C=O) groups is 1. The number of fused-ring (bicyclic) bond motifs is 2. The van der Waals surface area contributed by atoms with Crippen LogP contribution in [-0.4, -0.2) is 50.3 Å². The topological polar surface area (TPSA) is 157 Å². The Kier molecular flexibility index (Phi) is 6.24. The first-order valence-corrected chi connectivity index (χ1v) is 11.0. The van der Waals surface area contributed by atoms with E-state index in [1.807, 2.05) is 17.4 Å². The summed E-state index contributed by atoms with van der Waals surface area (Å²) in [5, 5.41) is 12.2. The summed E-state index contributed by atoms with van der Waals surface area (Å²) in [6.45, 7) is -1.50. The molecule has 1 amide bonds. The molecule has 0 aliphatic heterocycles. The maximum absolute atomic E-state index is 12.8. The summed E-state index contributed by atoms with van der Waals surface area (Å²) in [6, 6.07) is 12.2. The molecular formula is C23H19F3N10O2. The number of anilines is 3. The zero-order valence-electron chi connectivity index (χ0n) is 19.6. The number of benzene rings is 2. The van der Waals surface area contributed by atoms with Crippen LogP contribution in [0.3, 0.4) is 0 Å². The van der Waals surface area contributed by atoms with E-state index in [9.17, 15) is 18.0 Å². The Bertz CT molecular complexity index is 1640. The summed E-state index contributed by atoms with van der Waals surface area (Å²) in [6.07, 6.45) is -2.12. The molecule has 15 heteroatoms. The monoisotopic (exact) mass is 524 g/mol. The lowest BCUT2D eigenvalue weighted by atomic mass is 10.0. The summed E-state index contributed by atoms with van der Waals surface area (Å²) in [5.74, 6) is 0.318. The van der Waals surface area contributed by atoms with Crippen LogP contribution in [0.25, 0.3) is 27.7 Å². The number of aromatic nitrogens is 5. The predicted octanol–water partition coefficient (Wildman–Crippen LogP) is 4.67.